The van der Waals surface area contributed by atoms with Gasteiger partial charge < -0.3 is 49.6 Å². The van der Waals surface area contributed by atoms with Crippen LogP contribution in [-0.4, -0.2) is 125 Å². The fourth-order valence-electron chi connectivity index (χ4n) is 12.0. The van der Waals surface area contributed by atoms with E-state index in [0.717, 1.165) is 37.7 Å². The highest BCUT2D eigenvalue weighted by Crippen LogP contribution is 2.74. The summed E-state index contributed by atoms with van der Waals surface area (Å²) >= 11 is 0. The third kappa shape index (κ3) is 4.91. The molecule has 51 heavy (non-hydrogen) atoms. The van der Waals surface area contributed by atoms with Gasteiger partial charge in [0.25, 0.3) is 5.88 Å². The van der Waals surface area contributed by atoms with Gasteiger partial charge in [-0.1, -0.05) is 29.7 Å². The Morgan fingerprint density at radius 1 is 1.04 bits per heavy atom. The van der Waals surface area contributed by atoms with Gasteiger partial charge in [-0.3, -0.25) is 4.79 Å². The van der Waals surface area contributed by atoms with Crippen molar-refractivity contribution in [2.24, 2.45) is 40.4 Å². The molecule has 0 radical (unpaired) electrons. The number of ether oxygens (including phenoxy) is 4. The van der Waals surface area contributed by atoms with Gasteiger partial charge in [0.2, 0.25) is 6.29 Å². The first-order valence-electron chi connectivity index (χ1n) is 18.5. The summed E-state index contributed by atoms with van der Waals surface area (Å²) in [6, 6.07) is -0.778. The molecule has 4 aliphatic carbocycles. The summed E-state index contributed by atoms with van der Waals surface area (Å²) in [4.78, 5) is 27.1. The van der Waals surface area contributed by atoms with Crippen LogP contribution < -0.4 is 4.74 Å². The molecule has 0 aromatic carbocycles. The number of hydrogen-bond donors (Lipinski definition) is 6. The van der Waals surface area contributed by atoms with Crippen molar-refractivity contribution in [2.75, 3.05) is 13.2 Å². The van der Waals surface area contributed by atoms with Crippen molar-refractivity contribution in [1.29, 1.82) is 0 Å². The van der Waals surface area contributed by atoms with E-state index in [1.807, 2.05) is 13.8 Å². The lowest BCUT2D eigenvalue weighted by Gasteiger charge is -2.59. The van der Waals surface area contributed by atoms with Gasteiger partial charge in [0.15, 0.2) is 0 Å². The molecule has 4 heterocycles. The Labute approximate surface area is 295 Å². The summed E-state index contributed by atoms with van der Waals surface area (Å²) in [5.41, 5.74) is -0.677. The lowest BCUT2D eigenvalue weighted by molar-refractivity contribution is -0.278. The van der Waals surface area contributed by atoms with E-state index in [1.165, 1.54) is 10.9 Å². The van der Waals surface area contributed by atoms with E-state index in [1.54, 1.807) is 0 Å². The lowest BCUT2D eigenvalue weighted by atomic mass is 9.43. The highest BCUT2D eigenvalue weighted by atomic mass is 16.7. The molecular formula is C36H51N3O12. The molecule has 17 atom stereocenters. The molecular weight excluding hydrogens is 666 g/mol. The Morgan fingerprint density at radius 2 is 1.80 bits per heavy atom. The smallest absolute Gasteiger partial charge is 0.336 e. The average Bonchev–Trinajstić information content (AvgIpc) is 3.47. The minimum absolute atomic E-state index is 0.00403. The monoisotopic (exact) mass is 717 g/mol. The van der Waals surface area contributed by atoms with Crippen LogP contribution >= 0.6 is 0 Å². The van der Waals surface area contributed by atoms with Crippen molar-refractivity contribution in [3.63, 3.8) is 0 Å². The number of aliphatic hydroxyl groups is 6. The number of aliphatic hydroxyl groups excluding tert-OH is 6. The van der Waals surface area contributed by atoms with Crippen molar-refractivity contribution in [2.45, 2.75) is 133 Å². The standard InChI is InChI=1S/C36H51N3O12/c1-15-9-23(48-32(47)18(15)13-40)16(2)19-5-6-20-17-10-26-36(51-26)31(46)22(11-25(42)35(36,4)21(17)7-8-34(19,20)3)39-12-27(37-38-39)50-33-30(45)29(44)28(43)24(14-41)49-33/h12,16-17,19-24,26,28-31,33,40-41,43-46H,5-11,13-14H2,1-4H3/t16-,17-,19+,20-,21-,22-,23+,24+,26+,28-,29-,30+,31-,33-,34+,35-,36-/m0/s1. The van der Waals surface area contributed by atoms with Gasteiger partial charge in [-0.2, -0.15) is 0 Å². The molecule has 6 fully saturated rings. The van der Waals surface area contributed by atoms with Crippen LogP contribution in [0.15, 0.2) is 17.3 Å². The Bertz CT molecular complexity index is 1600. The highest BCUT2D eigenvalue weighted by molar-refractivity contribution is 5.90. The fraction of sp³-hybridized carbons (Fsp3) is 0.833. The first-order valence-corrected chi connectivity index (χ1v) is 18.5. The van der Waals surface area contributed by atoms with Crippen molar-refractivity contribution in [3.05, 3.63) is 17.3 Å². The molecule has 4 saturated carbocycles. The van der Waals surface area contributed by atoms with Gasteiger partial charge in [0.05, 0.1) is 42.5 Å². The van der Waals surface area contributed by atoms with Crippen molar-refractivity contribution in [3.8, 4) is 5.88 Å². The molecule has 6 N–H and O–H groups in total. The molecule has 1 aromatic heterocycles. The second kappa shape index (κ2) is 12.3. The predicted octanol–water partition coefficient (Wildman–Crippen LogP) is 0.198. The number of epoxide rings is 1. The number of carbonyl (C=O) groups is 2. The summed E-state index contributed by atoms with van der Waals surface area (Å²) in [5, 5.41) is 70.0. The normalized spacial score (nSPS) is 49.7. The number of ketones is 1. The maximum atomic E-state index is 14.5. The Kier molecular flexibility index (Phi) is 8.55. The summed E-state index contributed by atoms with van der Waals surface area (Å²) in [5.74, 6) is 0.644. The first-order chi connectivity index (χ1) is 24.2. The SMILES string of the molecule is CC1=C(CO)C(=O)O[C@@H]([C@@H](C)[C@H]2CC[C@H]3[C@@H]4C[C@H]5O[C@]56[C@@H](O)[C@@H](n5cc(O[C@@H]7O[C@H](CO)[C@H](O)[C@H](O)[C@H]7O)nn5)CC(=O)[C@]6(C)[C@H]4CC[C@]23C)C1. The minimum Gasteiger partial charge on any atom is -0.458 e. The van der Waals surface area contributed by atoms with Crippen LogP contribution in [-0.2, 0) is 23.8 Å². The lowest BCUT2D eigenvalue weighted by Crippen LogP contribution is -2.67. The van der Waals surface area contributed by atoms with Crippen molar-refractivity contribution >= 4 is 11.8 Å². The van der Waals surface area contributed by atoms with E-state index < -0.39 is 66.4 Å². The molecule has 7 aliphatic rings. The van der Waals surface area contributed by atoms with E-state index in [9.17, 15) is 40.2 Å². The number of carbonyl (C=O) groups excluding carboxylic acids is 2. The molecule has 15 nitrogen and oxygen atoms in total. The van der Waals surface area contributed by atoms with E-state index in [2.05, 4.69) is 24.2 Å². The van der Waals surface area contributed by atoms with Crippen molar-refractivity contribution in [1.82, 2.24) is 15.0 Å². The Morgan fingerprint density at radius 3 is 2.51 bits per heavy atom. The summed E-state index contributed by atoms with van der Waals surface area (Å²) < 4.78 is 24.8. The molecule has 0 amide bonds. The van der Waals surface area contributed by atoms with Crippen LogP contribution in [0.2, 0.25) is 0 Å². The molecule has 1 spiro atoms. The molecule has 0 bridgehead atoms. The number of aromatic nitrogens is 3. The molecule has 2 saturated heterocycles. The predicted molar refractivity (Wildman–Crippen MR) is 173 cm³/mol. The molecule has 8 rings (SSSR count). The topological polar surface area (TPSA) is 226 Å². The van der Waals surface area contributed by atoms with Gasteiger partial charge >= 0.3 is 5.97 Å². The van der Waals surface area contributed by atoms with Gasteiger partial charge in [-0.15, -0.1) is 0 Å². The molecule has 0 unspecified atom stereocenters. The summed E-state index contributed by atoms with van der Waals surface area (Å²) in [6.07, 6.45) is -2.41. The zero-order valence-electron chi connectivity index (χ0n) is 29.5. The number of cyclic esters (lactones) is 1. The van der Waals surface area contributed by atoms with Gasteiger partial charge in [0, 0.05) is 12.8 Å². The van der Waals surface area contributed by atoms with Crippen molar-refractivity contribution < 1.29 is 59.2 Å². The van der Waals surface area contributed by atoms with Crippen LogP contribution in [0.5, 0.6) is 5.88 Å². The fourth-order valence-corrected chi connectivity index (χ4v) is 12.0. The zero-order valence-corrected chi connectivity index (χ0v) is 29.5. The second-order valence-electron chi connectivity index (χ2n) is 16.9. The second-order valence-corrected chi connectivity index (χ2v) is 16.9. The van der Waals surface area contributed by atoms with E-state index in [0.29, 0.717) is 23.8 Å². The number of Topliss-reactive ketones (excluding diaryl/α,β-unsaturated/α-hetero) is 1. The molecule has 1 aromatic rings. The van der Waals surface area contributed by atoms with Crippen LogP contribution in [0.25, 0.3) is 0 Å². The number of hydrogen-bond acceptors (Lipinski definition) is 14. The number of esters is 1. The quantitative estimate of drug-likeness (QED) is 0.164. The van der Waals surface area contributed by atoms with E-state index in [-0.39, 0.29) is 60.1 Å². The van der Waals surface area contributed by atoms with Gasteiger partial charge in [0.1, 0.15) is 48.0 Å². The zero-order chi connectivity index (χ0) is 36.4. The number of rotatable bonds is 7. The van der Waals surface area contributed by atoms with Crippen LogP contribution in [0.4, 0.5) is 0 Å². The third-order valence-electron chi connectivity index (χ3n) is 14.9. The van der Waals surface area contributed by atoms with E-state index in [4.69, 9.17) is 18.9 Å². The minimum atomic E-state index is -1.63. The van der Waals surface area contributed by atoms with Crippen LogP contribution in [0, 0.1) is 40.4 Å². The van der Waals surface area contributed by atoms with Gasteiger partial charge in [-0.25, -0.2) is 9.48 Å². The average molecular weight is 718 g/mol. The highest BCUT2D eigenvalue weighted by Gasteiger charge is 2.82. The molecule has 15 heteroatoms. The third-order valence-corrected chi connectivity index (χ3v) is 14.9. The summed E-state index contributed by atoms with van der Waals surface area (Å²) in [6.45, 7) is 7.56. The Balaban J connectivity index is 0.988. The van der Waals surface area contributed by atoms with E-state index >= 15 is 0 Å². The molecule has 282 valence electrons. The molecule has 3 aliphatic heterocycles. The van der Waals surface area contributed by atoms with Crippen LogP contribution in [0.1, 0.15) is 78.7 Å². The van der Waals surface area contributed by atoms with Crippen LogP contribution in [0.3, 0.4) is 0 Å². The maximum Gasteiger partial charge on any atom is 0.336 e. The summed E-state index contributed by atoms with van der Waals surface area (Å²) in [7, 11) is 0. The number of nitrogens with zero attached hydrogens (tertiary/aromatic N) is 3. The largest absolute Gasteiger partial charge is 0.458 e. The Hall–Kier alpha value is -2.50. The number of fused-ring (bicyclic) bond motifs is 4. The maximum absolute atomic E-state index is 14.5. The van der Waals surface area contributed by atoms with Gasteiger partial charge in [-0.05, 0) is 81.0 Å². The first kappa shape index (κ1) is 35.5.